The zero-order valence-electron chi connectivity index (χ0n) is 11.5. The summed E-state index contributed by atoms with van der Waals surface area (Å²) in [5.74, 6) is 1.00. The third kappa shape index (κ3) is 2.26. The van der Waals surface area contributed by atoms with Gasteiger partial charge in [-0.1, -0.05) is 0 Å². The Hall–Kier alpha value is -1.75. The van der Waals surface area contributed by atoms with Crippen molar-refractivity contribution in [1.29, 1.82) is 0 Å². The van der Waals surface area contributed by atoms with Crippen LogP contribution in [0.3, 0.4) is 0 Å². The van der Waals surface area contributed by atoms with E-state index in [2.05, 4.69) is 0 Å². The van der Waals surface area contributed by atoms with E-state index in [1.54, 1.807) is 26.0 Å². The molecule has 0 fully saturated rings. The third-order valence-corrected chi connectivity index (χ3v) is 3.11. The number of Topliss-reactive ketones (excluding diaryl/α,β-unsaturated/α-hetero) is 1. The first-order valence-electron chi connectivity index (χ1n) is 6.16. The normalized spacial score (nSPS) is 20.5. The molecular formula is C14H18O5. The molecule has 0 saturated carbocycles. The lowest BCUT2D eigenvalue weighted by Crippen LogP contribution is -2.50. The zero-order chi connectivity index (χ0) is 14.2. The summed E-state index contributed by atoms with van der Waals surface area (Å²) in [5, 5.41) is 9.94. The molecule has 1 heterocycles. The maximum Gasteiger partial charge on any atom is 0.199 e. The number of benzene rings is 1. The van der Waals surface area contributed by atoms with Gasteiger partial charge < -0.3 is 19.3 Å². The summed E-state index contributed by atoms with van der Waals surface area (Å²) in [4.78, 5) is 12.1. The Labute approximate surface area is 112 Å². The molecule has 0 saturated heterocycles. The fourth-order valence-electron chi connectivity index (χ4n) is 2.05. The number of ether oxygens (including phenoxy) is 3. The molecule has 0 radical (unpaired) electrons. The number of ketones is 1. The van der Waals surface area contributed by atoms with Gasteiger partial charge in [-0.15, -0.1) is 0 Å². The van der Waals surface area contributed by atoms with Crippen LogP contribution in [0.4, 0.5) is 0 Å². The first-order valence-corrected chi connectivity index (χ1v) is 6.16. The van der Waals surface area contributed by atoms with Gasteiger partial charge in [-0.3, -0.25) is 4.79 Å². The number of hydrogen-bond donors (Lipinski definition) is 1. The van der Waals surface area contributed by atoms with Crippen molar-refractivity contribution < 1.29 is 24.1 Å². The maximum absolute atomic E-state index is 12.1. The van der Waals surface area contributed by atoms with E-state index in [1.807, 2.05) is 6.92 Å². The third-order valence-electron chi connectivity index (χ3n) is 3.11. The second-order valence-corrected chi connectivity index (χ2v) is 4.90. The van der Waals surface area contributed by atoms with Gasteiger partial charge in [0.25, 0.3) is 0 Å². The smallest absolute Gasteiger partial charge is 0.199 e. The van der Waals surface area contributed by atoms with E-state index in [0.29, 0.717) is 29.4 Å². The predicted octanol–water partition coefficient (Wildman–Crippen LogP) is 1.81. The molecule has 5 nitrogen and oxygen atoms in total. The number of aliphatic hydroxyl groups excluding tert-OH is 1. The SMILES string of the molecule is CCOc1cc2c(cc1OC)C(=O)[C@H](O)C(C)(C)O2. The van der Waals surface area contributed by atoms with Crippen LogP contribution in [0.25, 0.3) is 0 Å². The molecule has 0 aliphatic carbocycles. The van der Waals surface area contributed by atoms with Crippen LogP contribution in [0.2, 0.25) is 0 Å². The first-order chi connectivity index (χ1) is 8.90. The number of rotatable bonds is 3. The van der Waals surface area contributed by atoms with E-state index in [0.717, 1.165) is 0 Å². The molecule has 2 rings (SSSR count). The highest BCUT2D eigenvalue weighted by Gasteiger charge is 2.42. The summed E-state index contributed by atoms with van der Waals surface area (Å²) in [6.07, 6.45) is -1.19. The summed E-state index contributed by atoms with van der Waals surface area (Å²) in [5.41, 5.74) is -0.644. The molecule has 0 bridgehead atoms. The molecule has 1 aromatic carbocycles. The van der Waals surface area contributed by atoms with E-state index in [1.165, 1.54) is 7.11 Å². The topological polar surface area (TPSA) is 65.0 Å². The second-order valence-electron chi connectivity index (χ2n) is 4.90. The van der Waals surface area contributed by atoms with E-state index in [9.17, 15) is 9.90 Å². The monoisotopic (exact) mass is 266 g/mol. The van der Waals surface area contributed by atoms with Crippen LogP contribution >= 0.6 is 0 Å². The Morgan fingerprint density at radius 2 is 2.05 bits per heavy atom. The molecule has 0 aromatic heterocycles. The zero-order valence-corrected chi connectivity index (χ0v) is 11.5. The van der Waals surface area contributed by atoms with Crippen molar-refractivity contribution in [3.05, 3.63) is 17.7 Å². The molecule has 1 aliphatic rings. The van der Waals surface area contributed by atoms with E-state index < -0.39 is 11.7 Å². The largest absolute Gasteiger partial charge is 0.493 e. The van der Waals surface area contributed by atoms with Crippen LogP contribution in [-0.2, 0) is 0 Å². The van der Waals surface area contributed by atoms with Crippen molar-refractivity contribution in [1.82, 2.24) is 0 Å². The van der Waals surface area contributed by atoms with Crippen LogP contribution in [-0.4, -0.2) is 36.3 Å². The highest BCUT2D eigenvalue weighted by molar-refractivity contribution is 6.04. The van der Waals surface area contributed by atoms with Crippen molar-refractivity contribution in [2.24, 2.45) is 0 Å². The van der Waals surface area contributed by atoms with E-state index in [-0.39, 0.29) is 5.78 Å². The summed E-state index contributed by atoms with van der Waals surface area (Å²) in [6.45, 7) is 5.68. The Morgan fingerprint density at radius 1 is 1.37 bits per heavy atom. The van der Waals surface area contributed by atoms with E-state index in [4.69, 9.17) is 14.2 Å². The lowest BCUT2D eigenvalue weighted by molar-refractivity contribution is -0.0251. The molecule has 0 unspecified atom stereocenters. The number of methoxy groups -OCH3 is 1. The van der Waals surface area contributed by atoms with Gasteiger partial charge in [0.05, 0.1) is 19.3 Å². The number of carbonyl (C=O) groups excluding carboxylic acids is 1. The summed E-state index contributed by atoms with van der Waals surface area (Å²) < 4.78 is 16.3. The van der Waals surface area contributed by atoms with Crippen LogP contribution in [0.1, 0.15) is 31.1 Å². The lowest BCUT2D eigenvalue weighted by Gasteiger charge is -2.36. The highest BCUT2D eigenvalue weighted by Crippen LogP contribution is 2.40. The van der Waals surface area contributed by atoms with Gasteiger partial charge in [-0.25, -0.2) is 0 Å². The number of hydrogen-bond acceptors (Lipinski definition) is 5. The standard InChI is InChI=1S/C14H18O5/c1-5-18-11-7-9-8(6-10(11)17-4)12(15)13(16)14(2,3)19-9/h6-7,13,16H,5H2,1-4H3/t13-/m0/s1. The van der Waals surface area contributed by atoms with Gasteiger partial charge >= 0.3 is 0 Å². The molecular weight excluding hydrogens is 248 g/mol. The Balaban J connectivity index is 2.53. The fraction of sp³-hybridized carbons (Fsp3) is 0.500. The molecule has 5 heteroatoms. The molecule has 0 spiro atoms. The van der Waals surface area contributed by atoms with E-state index >= 15 is 0 Å². The van der Waals surface area contributed by atoms with Crippen molar-refractivity contribution in [2.45, 2.75) is 32.5 Å². The molecule has 1 aromatic rings. The number of fused-ring (bicyclic) bond motifs is 1. The number of aliphatic hydroxyl groups is 1. The molecule has 1 aliphatic heterocycles. The number of carbonyl (C=O) groups is 1. The Morgan fingerprint density at radius 3 is 2.63 bits per heavy atom. The maximum atomic E-state index is 12.1. The quantitative estimate of drug-likeness (QED) is 0.903. The average Bonchev–Trinajstić information content (AvgIpc) is 2.36. The van der Waals surface area contributed by atoms with Crippen molar-refractivity contribution in [2.75, 3.05) is 13.7 Å². The fourth-order valence-corrected chi connectivity index (χ4v) is 2.05. The molecule has 0 amide bonds. The van der Waals surface area contributed by atoms with Gasteiger partial charge in [-0.2, -0.15) is 0 Å². The van der Waals surface area contributed by atoms with Crippen LogP contribution in [0, 0.1) is 0 Å². The average molecular weight is 266 g/mol. The predicted molar refractivity (Wildman–Crippen MR) is 69.2 cm³/mol. The van der Waals surface area contributed by atoms with Gasteiger partial charge in [0, 0.05) is 6.07 Å². The van der Waals surface area contributed by atoms with Gasteiger partial charge in [0.2, 0.25) is 0 Å². The minimum absolute atomic E-state index is 0.312. The Bertz CT molecular complexity index is 507. The minimum Gasteiger partial charge on any atom is -0.493 e. The first kappa shape index (κ1) is 13.7. The van der Waals surface area contributed by atoms with Crippen LogP contribution in [0.5, 0.6) is 17.2 Å². The molecule has 19 heavy (non-hydrogen) atoms. The summed E-state index contributed by atoms with van der Waals surface area (Å²) >= 11 is 0. The molecule has 1 N–H and O–H groups in total. The molecule has 1 atom stereocenters. The van der Waals surface area contributed by atoms with Gasteiger partial charge in [0.1, 0.15) is 11.4 Å². The van der Waals surface area contributed by atoms with Crippen LogP contribution < -0.4 is 14.2 Å². The lowest BCUT2D eigenvalue weighted by atomic mass is 9.90. The molecule has 104 valence electrons. The van der Waals surface area contributed by atoms with Crippen molar-refractivity contribution in [3.8, 4) is 17.2 Å². The minimum atomic E-state index is -1.19. The highest BCUT2D eigenvalue weighted by atomic mass is 16.5. The van der Waals surface area contributed by atoms with Gasteiger partial charge in [-0.05, 0) is 26.8 Å². The Kier molecular flexibility index (Phi) is 3.41. The summed E-state index contributed by atoms with van der Waals surface area (Å²) in [6, 6.07) is 3.17. The van der Waals surface area contributed by atoms with Crippen molar-refractivity contribution in [3.63, 3.8) is 0 Å². The van der Waals surface area contributed by atoms with Gasteiger partial charge in [0.15, 0.2) is 23.4 Å². The second kappa shape index (κ2) is 4.74. The van der Waals surface area contributed by atoms with Crippen molar-refractivity contribution >= 4 is 5.78 Å². The van der Waals surface area contributed by atoms with Crippen LogP contribution in [0.15, 0.2) is 12.1 Å². The summed E-state index contributed by atoms with van der Waals surface area (Å²) in [7, 11) is 1.50.